The van der Waals surface area contributed by atoms with Crippen LogP contribution >= 0.6 is 0 Å². The number of rotatable bonds is 1. The van der Waals surface area contributed by atoms with Crippen LogP contribution in [0.25, 0.3) is 0 Å². The third-order valence-electron chi connectivity index (χ3n) is 5.33. The van der Waals surface area contributed by atoms with Crippen molar-refractivity contribution in [3.8, 4) is 11.5 Å². The Bertz CT molecular complexity index is 731. The number of aliphatic hydroxyl groups is 1. The van der Waals surface area contributed by atoms with Crippen molar-refractivity contribution < 1.29 is 19.7 Å². The van der Waals surface area contributed by atoms with Gasteiger partial charge in [-0.2, -0.15) is 0 Å². The maximum absolute atomic E-state index is 12.1. The fraction of sp³-hybridized carbons (Fsp3) is 0.421. The molecule has 1 fully saturated rings. The molecule has 23 heavy (non-hydrogen) atoms. The highest BCUT2D eigenvalue weighted by atomic mass is 16.5. The summed E-state index contributed by atoms with van der Waals surface area (Å²) in [5, 5.41) is 19.5. The zero-order valence-electron chi connectivity index (χ0n) is 13.0. The minimum atomic E-state index is -0.0669. The number of hydrogen-bond donors (Lipinski definition) is 2. The molecule has 4 rings (SSSR count). The van der Waals surface area contributed by atoms with Crippen LogP contribution in [-0.4, -0.2) is 22.1 Å². The lowest BCUT2D eigenvalue weighted by atomic mass is 9.76. The van der Waals surface area contributed by atoms with Crippen molar-refractivity contribution in [3.63, 3.8) is 0 Å². The number of hydrogen-bond acceptors (Lipinski definition) is 4. The summed E-state index contributed by atoms with van der Waals surface area (Å²) in [6.45, 7) is 1.93. The first-order valence-electron chi connectivity index (χ1n) is 8.12. The number of aryl methyl sites for hydroxylation is 1. The lowest BCUT2D eigenvalue weighted by Crippen LogP contribution is -2.39. The Morgan fingerprint density at radius 3 is 2.78 bits per heavy atom. The van der Waals surface area contributed by atoms with Gasteiger partial charge in [0.25, 0.3) is 0 Å². The number of phenols is 1. The lowest BCUT2D eigenvalue weighted by molar-refractivity contribution is -0.117. The van der Waals surface area contributed by atoms with Crippen LogP contribution < -0.4 is 4.74 Å². The average Bonchev–Trinajstić information content (AvgIpc) is 2.89. The van der Waals surface area contributed by atoms with Crippen LogP contribution in [0.5, 0.6) is 11.5 Å². The van der Waals surface area contributed by atoms with Gasteiger partial charge in [-0.05, 0) is 43.2 Å². The van der Waals surface area contributed by atoms with Crippen LogP contribution in [0, 0.1) is 18.8 Å². The minimum absolute atomic E-state index is 0.0669. The van der Waals surface area contributed by atoms with Gasteiger partial charge in [0.1, 0.15) is 29.1 Å². The fourth-order valence-corrected chi connectivity index (χ4v) is 4.29. The number of carbonyl (C=O) groups is 1. The Morgan fingerprint density at radius 2 is 2.04 bits per heavy atom. The zero-order chi connectivity index (χ0) is 16.1. The first kappa shape index (κ1) is 14.4. The van der Waals surface area contributed by atoms with Crippen LogP contribution in [0.2, 0.25) is 0 Å². The molecule has 0 spiro atoms. The zero-order valence-corrected chi connectivity index (χ0v) is 13.0. The Balaban J connectivity index is 1.75. The van der Waals surface area contributed by atoms with E-state index in [9.17, 15) is 15.0 Å². The van der Waals surface area contributed by atoms with Crippen molar-refractivity contribution in [2.75, 3.05) is 0 Å². The average molecular weight is 312 g/mol. The van der Waals surface area contributed by atoms with Gasteiger partial charge in [-0.25, -0.2) is 0 Å². The van der Waals surface area contributed by atoms with E-state index in [1.54, 1.807) is 24.3 Å². The molecule has 4 atom stereocenters. The molecule has 2 N–H and O–H groups in total. The Morgan fingerprint density at radius 1 is 1.22 bits per heavy atom. The summed E-state index contributed by atoms with van der Waals surface area (Å²) < 4.78 is 6.33. The summed E-state index contributed by atoms with van der Waals surface area (Å²) in [6, 6.07) is 3.45. The van der Waals surface area contributed by atoms with Gasteiger partial charge in [-0.15, -0.1) is 0 Å². The van der Waals surface area contributed by atoms with E-state index in [1.807, 2.05) is 13.0 Å². The van der Waals surface area contributed by atoms with Crippen molar-refractivity contribution in [2.24, 2.45) is 11.8 Å². The largest absolute Gasteiger partial charge is 0.508 e. The van der Waals surface area contributed by atoms with Gasteiger partial charge in [0.15, 0.2) is 0 Å². The Labute approximate surface area is 135 Å². The van der Waals surface area contributed by atoms with Crippen LogP contribution in [0.3, 0.4) is 0 Å². The van der Waals surface area contributed by atoms with Gasteiger partial charge in [-0.3, -0.25) is 4.79 Å². The maximum atomic E-state index is 12.1. The number of ether oxygens (including phenoxy) is 1. The number of ketones is 1. The van der Waals surface area contributed by atoms with Crippen LogP contribution in [0.15, 0.2) is 36.1 Å². The molecule has 2 aliphatic carbocycles. The molecular weight excluding hydrogens is 292 g/mol. The summed E-state index contributed by atoms with van der Waals surface area (Å²) >= 11 is 0. The van der Waals surface area contributed by atoms with E-state index in [0.717, 1.165) is 23.3 Å². The predicted molar refractivity (Wildman–Crippen MR) is 85.7 cm³/mol. The minimum Gasteiger partial charge on any atom is -0.508 e. The van der Waals surface area contributed by atoms with Gasteiger partial charge in [0, 0.05) is 36.2 Å². The molecule has 0 bridgehead atoms. The van der Waals surface area contributed by atoms with E-state index in [2.05, 4.69) is 0 Å². The highest BCUT2D eigenvalue weighted by Crippen LogP contribution is 2.52. The smallest absolute Gasteiger partial charge is 0.133 e. The monoisotopic (exact) mass is 312 g/mol. The van der Waals surface area contributed by atoms with Crippen molar-refractivity contribution in [2.45, 2.75) is 38.2 Å². The third kappa shape index (κ3) is 2.33. The third-order valence-corrected chi connectivity index (χ3v) is 5.33. The van der Waals surface area contributed by atoms with E-state index in [1.165, 1.54) is 0 Å². The van der Waals surface area contributed by atoms with E-state index in [-0.39, 0.29) is 41.1 Å². The molecule has 120 valence electrons. The van der Waals surface area contributed by atoms with Crippen molar-refractivity contribution in [1.29, 1.82) is 0 Å². The van der Waals surface area contributed by atoms with Gasteiger partial charge < -0.3 is 14.9 Å². The van der Waals surface area contributed by atoms with Crippen molar-refractivity contribution in [3.05, 3.63) is 47.2 Å². The van der Waals surface area contributed by atoms with Gasteiger partial charge >= 0.3 is 0 Å². The standard InChI is InChI=1S/C19H20O4/c1-10-6-13(21)8-16-15-7-14(22)9-17(15)19(23-18(10)16)11-2-4-12(20)5-3-11/h2,4-6,8,11,15,17,19-21H,3,7,9H2,1H3/t11?,15-,17-,19-/m0/s1. The van der Waals surface area contributed by atoms with E-state index >= 15 is 0 Å². The summed E-state index contributed by atoms with van der Waals surface area (Å²) in [4.78, 5) is 12.1. The first-order valence-corrected chi connectivity index (χ1v) is 8.12. The molecule has 3 aliphatic rings. The normalized spacial score (nSPS) is 32.0. The molecule has 4 heteroatoms. The van der Waals surface area contributed by atoms with Gasteiger partial charge in [0.05, 0.1) is 0 Å². The number of aliphatic hydroxyl groups excluding tert-OH is 1. The Hall–Kier alpha value is -2.23. The second kappa shape index (κ2) is 5.15. The SMILES string of the molecule is Cc1cc(O)cc2c1O[C@@H](C1C=CC(O)=CC1)[C@H]1CC(=O)C[C@@H]21. The number of fused-ring (bicyclic) bond motifs is 3. The number of Topliss-reactive ketones (excluding diaryl/α,β-unsaturated/α-hetero) is 1. The Kier molecular flexibility index (Phi) is 3.22. The quantitative estimate of drug-likeness (QED) is 0.832. The summed E-state index contributed by atoms with van der Waals surface area (Å²) in [6.07, 6.45) is 7.21. The highest BCUT2D eigenvalue weighted by Gasteiger charge is 2.47. The van der Waals surface area contributed by atoms with E-state index < -0.39 is 0 Å². The summed E-state index contributed by atoms with van der Waals surface area (Å²) in [7, 11) is 0. The van der Waals surface area contributed by atoms with Crippen LogP contribution in [-0.2, 0) is 4.79 Å². The van der Waals surface area contributed by atoms with Crippen LogP contribution in [0.1, 0.15) is 36.3 Å². The second-order valence-electron chi connectivity index (χ2n) is 6.87. The molecule has 0 amide bonds. The fourth-order valence-electron chi connectivity index (χ4n) is 4.29. The van der Waals surface area contributed by atoms with Crippen molar-refractivity contribution in [1.82, 2.24) is 0 Å². The number of aromatic hydroxyl groups is 1. The molecule has 1 unspecified atom stereocenters. The topological polar surface area (TPSA) is 66.8 Å². The predicted octanol–water partition coefficient (Wildman–Crippen LogP) is 3.54. The summed E-state index contributed by atoms with van der Waals surface area (Å²) in [5.74, 6) is 2.01. The molecule has 0 aromatic heterocycles. The number of allylic oxidation sites excluding steroid dienone is 2. The molecule has 0 radical (unpaired) electrons. The lowest BCUT2D eigenvalue weighted by Gasteiger charge is -2.40. The number of benzene rings is 1. The maximum Gasteiger partial charge on any atom is 0.133 e. The summed E-state index contributed by atoms with van der Waals surface area (Å²) in [5.41, 5.74) is 1.87. The van der Waals surface area contributed by atoms with Gasteiger partial charge in [-0.1, -0.05) is 6.08 Å². The highest BCUT2D eigenvalue weighted by molar-refractivity contribution is 5.83. The molecule has 1 aliphatic heterocycles. The van der Waals surface area contributed by atoms with Gasteiger partial charge in [0.2, 0.25) is 0 Å². The van der Waals surface area contributed by atoms with Crippen LogP contribution in [0.4, 0.5) is 0 Å². The molecule has 1 heterocycles. The van der Waals surface area contributed by atoms with E-state index in [4.69, 9.17) is 4.74 Å². The van der Waals surface area contributed by atoms with E-state index in [0.29, 0.717) is 12.8 Å². The van der Waals surface area contributed by atoms with Crippen molar-refractivity contribution >= 4 is 5.78 Å². The number of phenolic OH excluding ortho intramolecular Hbond substituents is 1. The molecule has 1 saturated carbocycles. The molecular formula is C19H20O4. The molecule has 0 saturated heterocycles. The molecule has 4 nitrogen and oxygen atoms in total. The molecule has 1 aromatic carbocycles. The first-order chi connectivity index (χ1) is 11.0. The molecule has 1 aromatic rings. The second-order valence-corrected chi connectivity index (χ2v) is 6.87. The number of carbonyl (C=O) groups excluding carboxylic acids is 1.